The Morgan fingerprint density at radius 2 is 1.84 bits per heavy atom. The average molecular weight is 485 g/mol. The van der Waals surface area contributed by atoms with Crippen LogP contribution in [0.15, 0.2) is 54.2 Å². The summed E-state index contributed by atoms with van der Waals surface area (Å²) in [5, 5.41) is 9.60. The monoisotopic (exact) mass is 484 g/mol. The van der Waals surface area contributed by atoms with Crippen molar-refractivity contribution in [3.05, 3.63) is 81.0 Å². The number of carboxylic acids is 1. The summed E-state index contributed by atoms with van der Waals surface area (Å²) >= 11 is 12.3. The second-order valence-electron chi connectivity index (χ2n) is 6.56. The van der Waals surface area contributed by atoms with Gasteiger partial charge in [0.25, 0.3) is 0 Å². The molecular weight excluding hydrogens is 467 g/mol. The number of esters is 1. The second kappa shape index (κ2) is 9.27. The lowest BCUT2D eigenvalue weighted by molar-refractivity contribution is -0.139. The molecule has 31 heavy (non-hydrogen) atoms. The molecule has 1 heterocycles. The van der Waals surface area contributed by atoms with Crippen LogP contribution in [0.1, 0.15) is 34.5 Å². The summed E-state index contributed by atoms with van der Waals surface area (Å²) in [6.45, 7) is 1.58. The molecule has 0 spiro atoms. The second-order valence-corrected chi connectivity index (χ2v) is 9.06. The SMILES string of the molecule is CCOC(=O)C1=CNS(=O)(=O)N(Cc2ccc(C(=O)O)cc2)C1c1ccc(Cl)cc1Cl. The van der Waals surface area contributed by atoms with Crippen molar-refractivity contribution in [1.29, 1.82) is 0 Å². The van der Waals surface area contributed by atoms with Crippen LogP contribution < -0.4 is 4.72 Å². The Morgan fingerprint density at radius 3 is 2.42 bits per heavy atom. The molecule has 0 aliphatic carbocycles. The smallest absolute Gasteiger partial charge is 0.337 e. The molecule has 0 fully saturated rings. The molecule has 0 amide bonds. The largest absolute Gasteiger partial charge is 0.478 e. The molecule has 1 aliphatic rings. The summed E-state index contributed by atoms with van der Waals surface area (Å²) in [7, 11) is -4.06. The van der Waals surface area contributed by atoms with Crippen LogP contribution in [0.4, 0.5) is 0 Å². The number of carbonyl (C=O) groups excluding carboxylic acids is 1. The van der Waals surface area contributed by atoms with Gasteiger partial charge >= 0.3 is 22.1 Å². The number of hydrogen-bond donors (Lipinski definition) is 2. The van der Waals surface area contributed by atoms with Crippen molar-refractivity contribution in [3.63, 3.8) is 0 Å². The number of carbonyl (C=O) groups is 2. The molecule has 2 N–H and O–H groups in total. The van der Waals surface area contributed by atoms with E-state index in [0.29, 0.717) is 16.1 Å². The fourth-order valence-electron chi connectivity index (χ4n) is 3.12. The topological polar surface area (TPSA) is 113 Å². The fraction of sp³-hybridized carbons (Fsp3) is 0.200. The first-order chi connectivity index (χ1) is 14.6. The highest BCUT2D eigenvalue weighted by molar-refractivity contribution is 7.87. The van der Waals surface area contributed by atoms with Gasteiger partial charge in [-0.2, -0.15) is 12.7 Å². The van der Waals surface area contributed by atoms with E-state index in [9.17, 15) is 18.0 Å². The quantitative estimate of drug-likeness (QED) is 0.606. The molecule has 8 nitrogen and oxygen atoms in total. The van der Waals surface area contributed by atoms with Gasteiger partial charge in [0.2, 0.25) is 0 Å². The number of aromatic carboxylic acids is 1. The number of rotatable bonds is 6. The van der Waals surface area contributed by atoms with Gasteiger partial charge in [0.1, 0.15) is 0 Å². The molecule has 1 aliphatic heterocycles. The highest BCUT2D eigenvalue weighted by Crippen LogP contribution is 2.39. The van der Waals surface area contributed by atoms with Crippen molar-refractivity contribution in [2.24, 2.45) is 0 Å². The number of nitrogens with one attached hydrogen (secondary N) is 1. The lowest BCUT2D eigenvalue weighted by Crippen LogP contribution is -2.46. The predicted octanol–water partition coefficient (Wildman–Crippen LogP) is 3.53. The van der Waals surface area contributed by atoms with E-state index in [1.807, 2.05) is 0 Å². The summed E-state index contributed by atoms with van der Waals surface area (Å²) in [5.74, 6) is -1.80. The highest BCUT2D eigenvalue weighted by atomic mass is 35.5. The third kappa shape index (κ3) is 5.01. The molecule has 0 saturated heterocycles. The van der Waals surface area contributed by atoms with Gasteiger partial charge in [-0.3, -0.25) is 4.72 Å². The van der Waals surface area contributed by atoms with Crippen molar-refractivity contribution in [3.8, 4) is 0 Å². The van der Waals surface area contributed by atoms with E-state index in [4.69, 9.17) is 33.0 Å². The molecule has 2 aromatic carbocycles. The third-order valence-corrected chi connectivity index (χ3v) is 6.50. The van der Waals surface area contributed by atoms with Gasteiger partial charge < -0.3 is 9.84 Å². The lowest BCUT2D eigenvalue weighted by atomic mass is 9.98. The zero-order chi connectivity index (χ0) is 22.8. The van der Waals surface area contributed by atoms with Gasteiger partial charge in [-0.1, -0.05) is 41.4 Å². The van der Waals surface area contributed by atoms with Gasteiger partial charge in [-0.25, -0.2) is 9.59 Å². The van der Waals surface area contributed by atoms with Crippen LogP contribution in [0.25, 0.3) is 0 Å². The molecule has 2 aromatic rings. The minimum Gasteiger partial charge on any atom is -0.478 e. The van der Waals surface area contributed by atoms with Crippen molar-refractivity contribution in [2.75, 3.05) is 6.61 Å². The van der Waals surface area contributed by atoms with Crippen LogP contribution in [0.3, 0.4) is 0 Å². The molecule has 0 radical (unpaired) electrons. The third-order valence-electron chi connectivity index (χ3n) is 4.56. The Kier molecular flexibility index (Phi) is 6.90. The summed E-state index contributed by atoms with van der Waals surface area (Å²) in [5.41, 5.74) is 0.962. The first-order valence-corrected chi connectivity index (χ1v) is 11.3. The number of nitrogens with zero attached hydrogens (tertiary/aromatic N) is 1. The van der Waals surface area contributed by atoms with Crippen LogP contribution in [-0.4, -0.2) is 36.4 Å². The maximum Gasteiger partial charge on any atom is 0.337 e. The zero-order valence-corrected chi connectivity index (χ0v) is 18.5. The summed E-state index contributed by atoms with van der Waals surface area (Å²) in [6.07, 6.45) is 1.09. The minimum absolute atomic E-state index is 0.0445. The van der Waals surface area contributed by atoms with Gasteiger partial charge in [0.05, 0.1) is 23.8 Å². The molecule has 0 bridgehead atoms. The van der Waals surface area contributed by atoms with E-state index < -0.39 is 28.2 Å². The molecule has 11 heteroatoms. The van der Waals surface area contributed by atoms with Gasteiger partial charge in [-0.05, 0) is 42.3 Å². The van der Waals surface area contributed by atoms with E-state index >= 15 is 0 Å². The first kappa shape index (κ1) is 23.1. The highest BCUT2D eigenvalue weighted by Gasteiger charge is 2.41. The van der Waals surface area contributed by atoms with Crippen LogP contribution in [-0.2, 0) is 26.3 Å². The number of benzene rings is 2. The van der Waals surface area contributed by atoms with Crippen LogP contribution in [0.5, 0.6) is 0 Å². The van der Waals surface area contributed by atoms with Crippen molar-refractivity contribution in [2.45, 2.75) is 19.5 Å². The summed E-state index contributed by atoms with van der Waals surface area (Å²) in [4.78, 5) is 23.7. The molecular formula is C20H18Cl2N2O6S. The Morgan fingerprint density at radius 1 is 1.16 bits per heavy atom. The van der Waals surface area contributed by atoms with E-state index in [2.05, 4.69) is 4.72 Å². The Hall–Kier alpha value is -2.59. The molecule has 164 valence electrons. The molecule has 1 atom stereocenters. The normalized spacial score (nSPS) is 18.0. The Balaban J connectivity index is 2.10. The molecule has 0 saturated carbocycles. The molecule has 1 unspecified atom stereocenters. The van der Waals surface area contributed by atoms with E-state index in [-0.39, 0.29) is 29.3 Å². The maximum absolute atomic E-state index is 12.9. The van der Waals surface area contributed by atoms with Crippen molar-refractivity contribution < 1.29 is 27.9 Å². The minimum atomic E-state index is -4.06. The molecule has 3 rings (SSSR count). The van der Waals surface area contributed by atoms with Crippen molar-refractivity contribution >= 4 is 45.3 Å². The lowest BCUT2D eigenvalue weighted by Gasteiger charge is -2.35. The Labute approximate surface area is 189 Å². The Bertz CT molecular complexity index is 1150. The van der Waals surface area contributed by atoms with E-state index in [1.165, 1.54) is 30.3 Å². The number of halogens is 2. The van der Waals surface area contributed by atoms with E-state index in [0.717, 1.165) is 10.5 Å². The summed E-state index contributed by atoms with van der Waals surface area (Å²) < 4.78 is 34.2. The molecule has 0 aromatic heterocycles. The van der Waals surface area contributed by atoms with Gasteiger partial charge in [0.15, 0.2) is 0 Å². The van der Waals surface area contributed by atoms with Gasteiger partial charge in [-0.15, -0.1) is 0 Å². The van der Waals surface area contributed by atoms with Crippen LogP contribution >= 0.6 is 23.2 Å². The number of ether oxygens (including phenoxy) is 1. The predicted molar refractivity (Wildman–Crippen MR) is 115 cm³/mol. The average Bonchev–Trinajstić information content (AvgIpc) is 2.70. The van der Waals surface area contributed by atoms with Gasteiger partial charge in [0, 0.05) is 22.8 Å². The standard InChI is InChI=1S/C20H18Cl2N2O6S/c1-2-30-20(27)16-10-23-31(28,29)24(11-12-3-5-13(6-4-12)19(25)26)18(16)15-8-7-14(21)9-17(15)22/h3-10,18,23H,2,11H2,1H3,(H,25,26). The fourth-order valence-corrected chi connectivity index (χ4v) is 4.87. The summed E-state index contributed by atoms with van der Waals surface area (Å²) in [6, 6.07) is 9.19. The zero-order valence-electron chi connectivity index (χ0n) is 16.2. The maximum atomic E-state index is 12.9. The van der Waals surface area contributed by atoms with Crippen molar-refractivity contribution in [1.82, 2.24) is 9.03 Å². The van der Waals surface area contributed by atoms with Crippen LogP contribution in [0.2, 0.25) is 10.0 Å². The number of hydrogen-bond acceptors (Lipinski definition) is 5. The number of carboxylic acid groups (broad SMARTS) is 1. The van der Waals surface area contributed by atoms with E-state index in [1.54, 1.807) is 19.1 Å². The van der Waals surface area contributed by atoms with Crippen LogP contribution in [0, 0.1) is 0 Å². The first-order valence-electron chi connectivity index (χ1n) is 9.07.